The molecule has 1 aliphatic rings. The van der Waals surface area contributed by atoms with Crippen LogP contribution in [0.3, 0.4) is 0 Å². The molecule has 0 aliphatic carbocycles. The average Bonchev–Trinajstić information content (AvgIpc) is 2.62. The number of aryl methyl sites for hydroxylation is 1. The second kappa shape index (κ2) is 8.18. The maximum absolute atomic E-state index is 10.3. The van der Waals surface area contributed by atoms with Crippen molar-refractivity contribution in [3.05, 3.63) is 60.2 Å². The molecule has 1 saturated heterocycles. The highest BCUT2D eigenvalue weighted by atomic mass is 16.5. The molecule has 128 valence electrons. The first kappa shape index (κ1) is 16.8. The van der Waals surface area contributed by atoms with Gasteiger partial charge in [0.2, 0.25) is 0 Å². The van der Waals surface area contributed by atoms with Crippen LogP contribution in [-0.2, 0) is 0 Å². The lowest BCUT2D eigenvalue weighted by Gasteiger charge is -2.36. The molecule has 0 amide bonds. The maximum Gasteiger partial charge on any atom is 0.122 e. The Labute approximate surface area is 144 Å². The summed E-state index contributed by atoms with van der Waals surface area (Å²) >= 11 is 0. The lowest BCUT2D eigenvalue weighted by Crippen LogP contribution is -2.49. The Morgan fingerprint density at radius 1 is 0.958 bits per heavy atom. The van der Waals surface area contributed by atoms with Crippen molar-refractivity contribution in [2.24, 2.45) is 0 Å². The van der Waals surface area contributed by atoms with Crippen LogP contribution in [0, 0.1) is 6.92 Å². The second-order valence-corrected chi connectivity index (χ2v) is 6.35. The van der Waals surface area contributed by atoms with E-state index in [1.807, 2.05) is 37.3 Å². The van der Waals surface area contributed by atoms with Crippen LogP contribution in [0.1, 0.15) is 5.56 Å². The quantitative estimate of drug-likeness (QED) is 0.885. The normalized spacial score (nSPS) is 16.8. The summed E-state index contributed by atoms with van der Waals surface area (Å²) in [5.74, 6) is 0.852. The fraction of sp³-hybridized carbons (Fsp3) is 0.400. The summed E-state index contributed by atoms with van der Waals surface area (Å²) in [6, 6.07) is 18.4. The summed E-state index contributed by atoms with van der Waals surface area (Å²) in [6.45, 7) is 6.94. The number of nitrogens with zero attached hydrogens (tertiary/aromatic N) is 2. The third kappa shape index (κ3) is 4.49. The number of hydrogen-bond donors (Lipinski definition) is 1. The van der Waals surface area contributed by atoms with Crippen LogP contribution < -0.4 is 9.64 Å². The molecule has 0 bridgehead atoms. The van der Waals surface area contributed by atoms with Crippen LogP contribution in [0.4, 0.5) is 5.69 Å². The van der Waals surface area contributed by atoms with Gasteiger partial charge in [0.1, 0.15) is 18.5 Å². The van der Waals surface area contributed by atoms with Crippen molar-refractivity contribution in [2.75, 3.05) is 44.2 Å². The summed E-state index contributed by atoms with van der Waals surface area (Å²) < 4.78 is 5.74. The van der Waals surface area contributed by atoms with Gasteiger partial charge in [0, 0.05) is 38.4 Å². The number of aliphatic hydroxyl groups is 1. The van der Waals surface area contributed by atoms with E-state index in [0.29, 0.717) is 13.2 Å². The molecule has 1 heterocycles. The van der Waals surface area contributed by atoms with Crippen LogP contribution in [0.15, 0.2) is 54.6 Å². The topological polar surface area (TPSA) is 35.9 Å². The molecule has 0 spiro atoms. The molecule has 1 aliphatic heterocycles. The van der Waals surface area contributed by atoms with E-state index in [2.05, 4.69) is 34.1 Å². The van der Waals surface area contributed by atoms with Gasteiger partial charge in [-0.3, -0.25) is 4.90 Å². The van der Waals surface area contributed by atoms with Crippen LogP contribution in [0.5, 0.6) is 5.75 Å². The van der Waals surface area contributed by atoms with E-state index in [-0.39, 0.29) is 0 Å². The van der Waals surface area contributed by atoms with Gasteiger partial charge in [0.25, 0.3) is 0 Å². The van der Waals surface area contributed by atoms with E-state index in [9.17, 15) is 5.11 Å². The highest BCUT2D eigenvalue weighted by molar-refractivity contribution is 5.46. The second-order valence-electron chi connectivity index (χ2n) is 6.35. The maximum atomic E-state index is 10.3. The van der Waals surface area contributed by atoms with Crippen LogP contribution in [0.25, 0.3) is 0 Å². The number of ether oxygens (including phenoxy) is 1. The van der Waals surface area contributed by atoms with Crippen molar-refractivity contribution >= 4 is 5.69 Å². The summed E-state index contributed by atoms with van der Waals surface area (Å²) in [5, 5.41) is 10.3. The predicted molar refractivity (Wildman–Crippen MR) is 97.8 cm³/mol. The van der Waals surface area contributed by atoms with Gasteiger partial charge in [-0.15, -0.1) is 0 Å². The lowest BCUT2D eigenvalue weighted by atomic mass is 10.2. The summed E-state index contributed by atoms with van der Waals surface area (Å²) in [7, 11) is 0. The number of rotatable bonds is 6. The molecule has 1 atom stereocenters. The minimum atomic E-state index is -0.465. The standard InChI is InChI=1S/C20H26N2O2/c1-17-7-5-6-10-20(17)24-16-19(23)15-21-11-13-22(14-12-21)18-8-3-2-4-9-18/h2-10,19,23H,11-16H2,1H3/t19-/m1/s1. The Morgan fingerprint density at radius 2 is 1.62 bits per heavy atom. The Kier molecular flexibility index (Phi) is 5.72. The Hall–Kier alpha value is -2.04. The SMILES string of the molecule is Cc1ccccc1OC[C@H](O)CN1CCN(c2ccccc2)CC1. The fourth-order valence-corrected chi connectivity index (χ4v) is 3.08. The van der Waals surface area contributed by atoms with Gasteiger partial charge in [0.15, 0.2) is 0 Å². The molecule has 0 radical (unpaired) electrons. The van der Waals surface area contributed by atoms with Crippen LogP contribution in [-0.4, -0.2) is 55.4 Å². The lowest BCUT2D eigenvalue weighted by molar-refractivity contribution is 0.0661. The molecular formula is C20H26N2O2. The molecule has 2 aromatic carbocycles. The monoisotopic (exact) mass is 326 g/mol. The van der Waals surface area contributed by atoms with E-state index >= 15 is 0 Å². The zero-order valence-corrected chi connectivity index (χ0v) is 14.3. The highest BCUT2D eigenvalue weighted by Crippen LogP contribution is 2.17. The van der Waals surface area contributed by atoms with Crippen molar-refractivity contribution in [1.29, 1.82) is 0 Å². The van der Waals surface area contributed by atoms with Crippen molar-refractivity contribution in [2.45, 2.75) is 13.0 Å². The van der Waals surface area contributed by atoms with Crippen LogP contribution >= 0.6 is 0 Å². The van der Waals surface area contributed by atoms with Gasteiger partial charge in [-0.2, -0.15) is 0 Å². The molecule has 2 aromatic rings. The highest BCUT2D eigenvalue weighted by Gasteiger charge is 2.19. The van der Waals surface area contributed by atoms with E-state index in [0.717, 1.165) is 37.5 Å². The zero-order chi connectivity index (χ0) is 16.8. The number of para-hydroxylation sites is 2. The fourth-order valence-electron chi connectivity index (χ4n) is 3.08. The van der Waals surface area contributed by atoms with Gasteiger partial charge >= 0.3 is 0 Å². The van der Waals surface area contributed by atoms with E-state index in [1.54, 1.807) is 0 Å². The first-order chi connectivity index (χ1) is 11.7. The number of piperazine rings is 1. The minimum absolute atomic E-state index is 0.337. The van der Waals surface area contributed by atoms with Gasteiger partial charge in [-0.1, -0.05) is 36.4 Å². The van der Waals surface area contributed by atoms with Crippen LogP contribution in [0.2, 0.25) is 0 Å². The molecule has 1 N–H and O–H groups in total. The largest absolute Gasteiger partial charge is 0.491 e. The number of anilines is 1. The summed E-state index contributed by atoms with van der Waals surface area (Å²) in [5.41, 5.74) is 2.38. The summed E-state index contributed by atoms with van der Waals surface area (Å²) in [6.07, 6.45) is -0.465. The zero-order valence-electron chi connectivity index (χ0n) is 14.3. The molecule has 4 nitrogen and oxygen atoms in total. The van der Waals surface area contributed by atoms with E-state index < -0.39 is 6.10 Å². The Balaban J connectivity index is 1.42. The molecule has 0 unspecified atom stereocenters. The summed E-state index contributed by atoms with van der Waals surface area (Å²) in [4.78, 5) is 4.71. The number of hydrogen-bond acceptors (Lipinski definition) is 4. The first-order valence-corrected chi connectivity index (χ1v) is 8.61. The first-order valence-electron chi connectivity index (χ1n) is 8.61. The molecule has 3 rings (SSSR count). The van der Waals surface area contributed by atoms with Crippen molar-refractivity contribution in [3.8, 4) is 5.75 Å². The Bertz CT molecular complexity index is 625. The predicted octanol–water partition coefficient (Wildman–Crippen LogP) is 2.56. The van der Waals surface area contributed by atoms with Crippen molar-refractivity contribution < 1.29 is 9.84 Å². The molecule has 24 heavy (non-hydrogen) atoms. The molecule has 4 heteroatoms. The van der Waals surface area contributed by atoms with Crippen molar-refractivity contribution in [3.63, 3.8) is 0 Å². The third-order valence-corrected chi connectivity index (χ3v) is 4.49. The van der Waals surface area contributed by atoms with Gasteiger partial charge in [-0.25, -0.2) is 0 Å². The molecule has 0 saturated carbocycles. The van der Waals surface area contributed by atoms with E-state index in [4.69, 9.17) is 4.74 Å². The van der Waals surface area contributed by atoms with Gasteiger partial charge in [0.05, 0.1) is 0 Å². The minimum Gasteiger partial charge on any atom is -0.491 e. The number of β-amino-alcohol motifs (C(OH)–C–C–N with tert-alkyl or cyclic N) is 1. The van der Waals surface area contributed by atoms with Crippen molar-refractivity contribution in [1.82, 2.24) is 4.90 Å². The van der Waals surface area contributed by atoms with E-state index in [1.165, 1.54) is 5.69 Å². The average molecular weight is 326 g/mol. The van der Waals surface area contributed by atoms with Gasteiger partial charge in [-0.05, 0) is 30.7 Å². The molecular weight excluding hydrogens is 300 g/mol. The van der Waals surface area contributed by atoms with Gasteiger partial charge < -0.3 is 14.7 Å². The Morgan fingerprint density at radius 3 is 2.33 bits per heavy atom. The molecule has 0 aromatic heterocycles. The molecule has 1 fully saturated rings. The number of aliphatic hydroxyl groups excluding tert-OH is 1. The third-order valence-electron chi connectivity index (χ3n) is 4.49. The smallest absolute Gasteiger partial charge is 0.122 e. The number of benzene rings is 2.